The van der Waals surface area contributed by atoms with Crippen LogP contribution in [0.25, 0.3) is 10.2 Å². The fraction of sp³-hybridized carbons (Fsp3) is 0.600. The van der Waals surface area contributed by atoms with Crippen molar-refractivity contribution >= 4 is 34.2 Å². The molecule has 0 atom stereocenters. The number of rotatable bonds is 3. The van der Waals surface area contributed by atoms with Crippen LogP contribution >= 0.6 is 24.0 Å². The molecule has 3 rings (SSSR count). The Labute approximate surface area is 128 Å². The Morgan fingerprint density at radius 2 is 2.10 bits per heavy atom. The lowest BCUT2D eigenvalue weighted by Crippen LogP contribution is -2.32. The monoisotopic (exact) mass is 308 g/mol. The molecule has 2 aromatic rings. The first-order valence-corrected chi connectivity index (χ1v) is 8.57. The second kappa shape index (κ2) is 5.19. The maximum atomic E-state index is 12.7. The summed E-state index contributed by atoms with van der Waals surface area (Å²) in [5.74, 6) is 0.846. The maximum Gasteiger partial charge on any atom is 0.262 e. The van der Waals surface area contributed by atoms with E-state index in [1.807, 2.05) is 11.5 Å². The zero-order chi connectivity index (χ0) is 14.3. The average molecular weight is 308 g/mol. The van der Waals surface area contributed by atoms with Gasteiger partial charge in [-0.3, -0.25) is 9.36 Å². The van der Waals surface area contributed by atoms with E-state index in [1.165, 1.54) is 30.6 Å². The van der Waals surface area contributed by atoms with E-state index < -0.39 is 0 Å². The van der Waals surface area contributed by atoms with Crippen LogP contribution in [-0.2, 0) is 6.54 Å². The van der Waals surface area contributed by atoms with Gasteiger partial charge >= 0.3 is 0 Å². The van der Waals surface area contributed by atoms with Crippen molar-refractivity contribution in [3.05, 3.63) is 27.1 Å². The Bertz CT molecular complexity index is 696. The van der Waals surface area contributed by atoms with Crippen molar-refractivity contribution in [2.45, 2.75) is 46.1 Å². The predicted molar refractivity (Wildman–Crippen MR) is 88.1 cm³/mol. The fourth-order valence-corrected chi connectivity index (χ4v) is 4.64. The molecule has 1 aliphatic carbocycles. The van der Waals surface area contributed by atoms with Gasteiger partial charge in [0.25, 0.3) is 5.56 Å². The average Bonchev–Trinajstić information content (AvgIpc) is 3.01. The third kappa shape index (κ3) is 2.21. The third-order valence-electron chi connectivity index (χ3n) is 4.66. The lowest BCUT2D eigenvalue weighted by atomic mass is 9.88. The summed E-state index contributed by atoms with van der Waals surface area (Å²) in [6, 6.07) is 0. The number of aryl methyl sites for hydroxylation is 2. The molecule has 0 spiro atoms. The molecule has 0 amide bonds. The molecule has 0 bridgehead atoms. The quantitative estimate of drug-likeness (QED) is 0.880. The van der Waals surface area contributed by atoms with Crippen LogP contribution in [0.15, 0.2) is 11.1 Å². The molecule has 2 heterocycles. The summed E-state index contributed by atoms with van der Waals surface area (Å²) < 4.78 is 1.81. The van der Waals surface area contributed by atoms with Crippen LogP contribution in [-0.4, -0.2) is 15.3 Å². The highest BCUT2D eigenvalue weighted by Gasteiger charge is 2.33. The van der Waals surface area contributed by atoms with E-state index in [9.17, 15) is 4.79 Å². The normalized spacial score (nSPS) is 17.9. The van der Waals surface area contributed by atoms with Crippen molar-refractivity contribution in [3.63, 3.8) is 0 Å². The number of thiol groups is 1. The van der Waals surface area contributed by atoms with Crippen LogP contribution < -0.4 is 5.56 Å². The summed E-state index contributed by atoms with van der Waals surface area (Å²) in [6.45, 7) is 4.83. The summed E-state index contributed by atoms with van der Waals surface area (Å²) in [6.07, 6.45) is 6.57. The van der Waals surface area contributed by atoms with Crippen molar-refractivity contribution in [3.8, 4) is 0 Å². The minimum absolute atomic E-state index is 0.116. The molecule has 0 aliphatic heterocycles. The zero-order valence-electron chi connectivity index (χ0n) is 12.0. The molecule has 0 N–H and O–H groups in total. The Morgan fingerprint density at radius 3 is 2.75 bits per heavy atom. The molecule has 0 saturated heterocycles. The molecule has 2 aromatic heterocycles. The van der Waals surface area contributed by atoms with Crippen LogP contribution in [0.5, 0.6) is 0 Å². The summed E-state index contributed by atoms with van der Waals surface area (Å²) >= 11 is 6.14. The van der Waals surface area contributed by atoms with Crippen molar-refractivity contribution in [2.75, 3.05) is 5.75 Å². The van der Waals surface area contributed by atoms with E-state index in [1.54, 1.807) is 17.7 Å². The molecule has 108 valence electrons. The van der Waals surface area contributed by atoms with Gasteiger partial charge in [0.15, 0.2) is 0 Å². The van der Waals surface area contributed by atoms with Crippen molar-refractivity contribution in [1.82, 2.24) is 9.55 Å². The minimum Gasteiger partial charge on any atom is -0.298 e. The smallest absolute Gasteiger partial charge is 0.262 e. The molecular weight excluding hydrogens is 288 g/mol. The van der Waals surface area contributed by atoms with Crippen molar-refractivity contribution in [2.24, 2.45) is 5.41 Å². The lowest BCUT2D eigenvalue weighted by Gasteiger charge is -2.27. The second-order valence-electron chi connectivity index (χ2n) is 6.01. The Kier molecular flexibility index (Phi) is 3.67. The summed E-state index contributed by atoms with van der Waals surface area (Å²) in [5, 5.41) is 0.808. The van der Waals surface area contributed by atoms with Gasteiger partial charge in [-0.15, -0.1) is 11.3 Å². The molecule has 5 heteroatoms. The number of thiophene rings is 1. The molecule has 0 aromatic carbocycles. The standard InChI is InChI=1S/C15H20N2OS2/c1-10-11(2)20-13-12(10)14(18)17(9-16-13)7-15(8-19)5-3-4-6-15/h9,19H,3-8H2,1-2H3. The van der Waals surface area contributed by atoms with E-state index in [0.29, 0.717) is 0 Å². The maximum absolute atomic E-state index is 12.7. The number of fused-ring (bicyclic) bond motifs is 1. The van der Waals surface area contributed by atoms with E-state index in [2.05, 4.69) is 24.5 Å². The Morgan fingerprint density at radius 1 is 1.40 bits per heavy atom. The molecule has 1 saturated carbocycles. The van der Waals surface area contributed by atoms with Crippen LogP contribution in [0.2, 0.25) is 0 Å². The molecule has 20 heavy (non-hydrogen) atoms. The predicted octanol–water partition coefficient (Wildman–Crippen LogP) is 3.57. The van der Waals surface area contributed by atoms with Crippen LogP contribution in [0.4, 0.5) is 0 Å². The van der Waals surface area contributed by atoms with Gasteiger partial charge < -0.3 is 0 Å². The number of nitrogens with zero attached hydrogens (tertiary/aromatic N) is 2. The summed E-state index contributed by atoms with van der Waals surface area (Å²) in [4.78, 5) is 19.3. The van der Waals surface area contributed by atoms with Gasteiger partial charge in [-0.25, -0.2) is 4.98 Å². The largest absolute Gasteiger partial charge is 0.298 e. The second-order valence-corrected chi connectivity index (χ2v) is 7.53. The highest BCUT2D eigenvalue weighted by atomic mass is 32.1. The van der Waals surface area contributed by atoms with Gasteiger partial charge in [0.1, 0.15) is 4.83 Å². The first kappa shape index (κ1) is 14.1. The van der Waals surface area contributed by atoms with Gasteiger partial charge in [-0.05, 0) is 43.4 Å². The van der Waals surface area contributed by atoms with Crippen LogP contribution in [0, 0.1) is 19.3 Å². The van der Waals surface area contributed by atoms with Crippen molar-refractivity contribution < 1.29 is 0 Å². The molecule has 1 aliphatic rings. The highest BCUT2D eigenvalue weighted by Crippen LogP contribution is 2.40. The zero-order valence-corrected chi connectivity index (χ0v) is 13.7. The van der Waals surface area contributed by atoms with Crippen molar-refractivity contribution in [1.29, 1.82) is 0 Å². The van der Waals surface area contributed by atoms with E-state index >= 15 is 0 Å². The topological polar surface area (TPSA) is 34.9 Å². The van der Waals surface area contributed by atoms with Gasteiger partial charge in [0.05, 0.1) is 11.7 Å². The highest BCUT2D eigenvalue weighted by molar-refractivity contribution is 7.80. The fourth-order valence-electron chi connectivity index (χ4n) is 3.24. The van der Waals surface area contributed by atoms with Crippen LogP contribution in [0.1, 0.15) is 36.1 Å². The first-order chi connectivity index (χ1) is 9.56. The summed E-state index contributed by atoms with van der Waals surface area (Å²) in [7, 11) is 0. The lowest BCUT2D eigenvalue weighted by molar-refractivity contribution is 0.286. The summed E-state index contributed by atoms with van der Waals surface area (Å²) in [5.41, 5.74) is 1.38. The SMILES string of the molecule is Cc1sc2ncn(CC3(CS)CCCC3)c(=O)c2c1C. The van der Waals surface area contributed by atoms with Gasteiger partial charge in [-0.2, -0.15) is 12.6 Å². The number of hydrogen-bond donors (Lipinski definition) is 1. The minimum atomic E-state index is 0.116. The Hall–Kier alpha value is -0.810. The van der Waals surface area contributed by atoms with E-state index in [-0.39, 0.29) is 11.0 Å². The first-order valence-electron chi connectivity index (χ1n) is 7.12. The molecule has 1 fully saturated rings. The van der Waals surface area contributed by atoms with E-state index in [0.717, 1.165) is 28.1 Å². The number of hydrogen-bond acceptors (Lipinski definition) is 4. The van der Waals surface area contributed by atoms with E-state index in [4.69, 9.17) is 0 Å². The molecular formula is C15H20N2OS2. The molecule has 0 radical (unpaired) electrons. The van der Waals surface area contributed by atoms with Crippen LogP contribution in [0.3, 0.4) is 0 Å². The van der Waals surface area contributed by atoms with Gasteiger partial charge in [0, 0.05) is 11.4 Å². The third-order valence-corrected chi connectivity index (χ3v) is 6.45. The Balaban J connectivity index is 2.06. The van der Waals surface area contributed by atoms with Gasteiger partial charge in [-0.1, -0.05) is 12.8 Å². The number of aromatic nitrogens is 2. The molecule has 0 unspecified atom stereocenters. The molecule has 3 nitrogen and oxygen atoms in total. The van der Waals surface area contributed by atoms with Gasteiger partial charge in [0.2, 0.25) is 0 Å².